The molecule has 0 fully saturated rings. The number of nitro groups is 1. The maximum absolute atomic E-state index is 10.9. The molecule has 19 heavy (non-hydrogen) atoms. The van der Waals surface area contributed by atoms with Gasteiger partial charge < -0.3 is 9.73 Å². The first-order valence-electron chi connectivity index (χ1n) is 5.58. The molecule has 0 unspecified atom stereocenters. The lowest BCUT2D eigenvalue weighted by Crippen LogP contribution is -2.02. The lowest BCUT2D eigenvalue weighted by atomic mass is 10.2. The van der Waals surface area contributed by atoms with E-state index in [1.54, 1.807) is 31.2 Å². The molecule has 0 saturated heterocycles. The average molecular weight is 257 g/mol. The zero-order chi connectivity index (χ0) is 13.8. The zero-order valence-electron chi connectivity index (χ0n) is 10.2. The van der Waals surface area contributed by atoms with E-state index in [0.717, 1.165) is 5.56 Å². The molecule has 0 radical (unpaired) electrons. The molecule has 0 bridgehead atoms. The first-order chi connectivity index (χ1) is 9.10. The minimum absolute atomic E-state index is 0.0204. The van der Waals surface area contributed by atoms with Crippen LogP contribution in [0.5, 0.6) is 0 Å². The molecule has 1 N–H and O–H groups in total. The summed E-state index contributed by atoms with van der Waals surface area (Å²) >= 11 is 0. The van der Waals surface area contributed by atoms with Crippen molar-refractivity contribution in [3.8, 4) is 6.07 Å². The van der Waals surface area contributed by atoms with E-state index in [2.05, 4.69) is 5.32 Å². The number of aryl methyl sites for hydroxylation is 1. The van der Waals surface area contributed by atoms with Gasteiger partial charge in [-0.25, -0.2) is 0 Å². The van der Waals surface area contributed by atoms with E-state index in [1.807, 2.05) is 6.07 Å². The maximum Gasteiger partial charge on any atom is 0.292 e. The molecule has 96 valence electrons. The number of rotatable bonds is 4. The highest BCUT2D eigenvalue weighted by molar-refractivity contribution is 5.62. The van der Waals surface area contributed by atoms with Gasteiger partial charge in [-0.05, 0) is 30.7 Å². The summed E-state index contributed by atoms with van der Waals surface area (Å²) in [6.45, 7) is 2.08. The molecule has 1 aromatic carbocycles. The fraction of sp³-hybridized carbons (Fsp3) is 0.154. The molecule has 0 aliphatic carbocycles. The first-order valence-corrected chi connectivity index (χ1v) is 5.58. The van der Waals surface area contributed by atoms with E-state index in [1.165, 1.54) is 6.07 Å². The number of benzene rings is 1. The Balaban J connectivity index is 2.15. The molecule has 0 aliphatic heterocycles. The van der Waals surface area contributed by atoms with Crippen molar-refractivity contribution in [2.24, 2.45) is 0 Å². The molecule has 1 aromatic heterocycles. The summed E-state index contributed by atoms with van der Waals surface area (Å²) in [5.41, 5.74) is 1.26. The molecule has 1 heterocycles. The van der Waals surface area contributed by atoms with Crippen molar-refractivity contribution in [3.05, 3.63) is 57.5 Å². The fourth-order valence-corrected chi connectivity index (χ4v) is 1.66. The Morgan fingerprint density at radius 3 is 2.84 bits per heavy atom. The largest absolute Gasteiger partial charge is 0.449 e. The summed E-state index contributed by atoms with van der Waals surface area (Å²) in [6, 6.07) is 10.0. The van der Waals surface area contributed by atoms with Crippen molar-refractivity contribution < 1.29 is 9.34 Å². The second-order valence-corrected chi connectivity index (χ2v) is 4.01. The molecule has 6 heteroatoms. The van der Waals surface area contributed by atoms with E-state index in [9.17, 15) is 10.1 Å². The predicted molar refractivity (Wildman–Crippen MR) is 68.6 cm³/mol. The van der Waals surface area contributed by atoms with E-state index < -0.39 is 4.92 Å². The third kappa shape index (κ3) is 2.90. The predicted octanol–water partition coefficient (Wildman–Crippen LogP) is 2.98. The quantitative estimate of drug-likeness (QED) is 0.671. The second kappa shape index (κ2) is 5.23. The number of nitrogens with one attached hydrogen (secondary N) is 1. The minimum atomic E-state index is -0.432. The number of furan rings is 1. The van der Waals surface area contributed by atoms with Crippen LogP contribution in [0.2, 0.25) is 0 Å². The van der Waals surface area contributed by atoms with E-state index in [-0.39, 0.29) is 18.0 Å². The van der Waals surface area contributed by atoms with Gasteiger partial charge in [-0.3, -0.25) is 10.1 Å². The Hall–Kier alpha value is -2.81. The molecule has 0 atom stereocenters. The van der Waals surface area contributed by atoms with Crippen molar-refractivity contribution in [3.63, 3.8) is 0 Å². The normalized spacial score (nSPS) is 9.89. The highest BCUT2D eigenvalue weighted by Crippen LogP contribution is 2.25. The third-order valence-electron chi connectivity index (χ3n) is 2.57. The van der Waals surface area contributed by atoms with Gasteiger partial charge in [-0.1, -0.05) is 6.07 Å². The Kier molecular flexibility index (Phi) is 3.48. The Morgan fingerprint density at radius 1 is 1.42 bits per heavy atom. The molecule has 0 amide bonds. The van der Waals surface area contributed by atoms with Crippen LogP contribution < -0.4 is 5.32 Å². The SMILES string of the molecule is Cc1ccc(NCc2ccc(C#N)o2)c([N+](=O)[O-])c1. The van der Waals surface area contributed by atoms with Crippen molar-refractivity contribution in [1.82, 2.24) is 0 Å². The fourth-order valence-electron chi connectivity index (χ4n) is 1.66. The Morgan fingerprint density at radius 2 is 2.21 bits per heavy atom. The standard InChI is InChI=1S/C13H11N3O3/c1-9-2-5-12(13(6-9)16(17)18)15-8-11-4-3-10(7-14)19-11/h2-6,15H,8H2,1H3. The van der Waals surface area contributed by atoms with Crippen molar-refractivity contribution in [2.75, 3.05) is 5.32 Å². The molecule has 6 nitrogen and oxygen atoms in total. The Labute approximate surface area is 109 Å². The number of hydrogen-bond acceptors (Lipinski definition) is 5. The van der Waals surface area contributed by atoms with Crippen molar-refractivity contribution >= 4 is 11.4 Å². The summed E-state index contributed by atoms with van der Waals surface area (Å²) in [5.74, 6) is 0.765. The van der Waals surface area contributed by atoms with Gasteiger partial charge in [0.15, 0.2) is 0 Å². The van der Waals surface area contributed by atoms with Gasteiger partial charge in [0.25, 0.3) is 5.69 Å². The molecule has 0 aliphatic rings. The third-order valence-corrected chi connectivity index (χ3v) is 2.57. The second-order valence-electron chi connectivity index (χ2n) is 4.01. The Bertz CT molecular complexity index is 655. The number of hydrogen-bond donors (Lipinski definition) is 1. The van der Waals surface area contributed by atoms with Gasteiger partial charge in [0.1, 0.15) is 17.5 Å². The van der Waals surface area contributed by atoms with Crippen molar-refractivity contribution in [1.29, 1.82) is 5.26 Å². The van der Waals surface area contributed by atoms with Crippen LogP contribution in [0.4, 0.5) is 11.4 Å². The number of nitrogens with zero attached hydrogens (tertiary/aromatic N) is 2. The van der Waals surface area contributed by atoms with E-state index >= 15 is 0 Å². The van der Waals surface area contributed by atoms with Crippen LogP contribution in [0.3, 0.4) is 0 Å². The molecular formula is C13H11N3O3. The van der Waals surface area contributed by atoms with Gasteiger partial charge in [0.2, 0.25) is 5.76 Å². The van der Waals surface area contributed by atoms with E-state index in [0.29, 0.717) is 11.4 Å². The van der Waals surface area contributed by atoms with Crippen LogP contribution in [0.1, 0.15) is 17.1 Å². The maximum atomic E-state index is 10.9. The number of anilines is 1. The van der Waals surface area contributed by atoms with Crippen LogP contribution in [0.15, 0.2) is 34.7 Å². The summed E-state index contributed by atoms with van der Waals surface area (Å²) in [7, 11) is 0. The number of nitriles is 1. The first kappa shape index (κ1) is 12.6. The monoisotopic (exact) mass is 257 g/mol. The van der Waals surface area contributed by atoms with Crippen LogP contribution in [-0.4, -0.2) is 4.92 Å². The summed E-state index contributed by atoms with van der Waals surface area (Å²) in [6.07, 6.45) is 0. The van der Waals surface area contributed by atoms with Gasteiger partial charge >= 0.3 is 0 Å². The van der Waals surface area contributed by atoms with Gasteiger partial charge in [0, 0.05) is 6.07 Å². The van der Waals surface area contributed by atoms with Crippen LogP contribution >= 0.6 is 0 Å². The molecule has 0 saturated carbocycles. The van der Waals surface area contributed by atoms with Gasteiger partial charge in [-0.2, -0.15) is 5.26 Å². The lowest BCUT2D eigenvalue weighted by Gasteiger charge is -2.06. The molecule has 2 aromatic rings. The van der Waals surface area contributed by atoms with Gasteiger partial charge in [-0.15, -0.1) is 0 Å². The highest BCUT2D eigenvalue weighted by atomic mass is 16.6. The van der Waals surface area contributed by atoms with Crippen molar-refractivity contribution in [2.45, 2.75) is 13.5 Å². The molecule has 0 spiro atoms. The lowest BCUT2D eigenvalue weighted by molar-refractivity contribution is -0.384. The minimum Gasteiger partial charge on any atom is -0.449 e. The van der Waals surface area contributed by atoms with E-state index in [4.69, 9.17) is 9.68 Å². The summed E-state index contributed by atoms with van der Waals surface area (Å²) in [4.78, 5) is 10.5. The topological polar surface area (TPSA) is 92.1 Å². The average Bonchev–Trinajstić information content (AvgIpc) is 2.85. The summed E-state index contributed by atoms with van der Waals surface area (Å²) < 4.78 is 5.19. The molecular weight excluding hydrogens is 246 g/mol. The van der Waals surface area contributed by atoms with Crippen LogP contribution in [-0.2, 0) is 6.54 Å². The van der Waals surface area contributed by atoms with Crippen LogP contribution in [0, 0.1) is 28.4 Å². The van der Waals surface area contributed by atoms with Crippen LogP contribution in [0.25, 0.3) is 0 Å². The summed E-state index contributed by atoms with van der Waals surface area (Å²) in [5, 5.41) is 22.5. The smallest absolute Gasteiger partial charge is 0.292 e. The van der Waals surface area contributed by atoms with Gasteiger partial charge in [0.05, 0.1) is 11.5 Å². The zero-order valence-corrected chi connectivity index (χ0v) is 10.2. The molecule has 2 rings (SSSR count). The highest BCUT2D eigenvalue weighted by Gasteiger charge is 2.13. The number of nitro benzene ring substituents is 1.